The molecule has 0 saturated carbocycles. The monoisotopic (exact) mass is 450 g/mol. The molecule has 7 heteroatoms. The Morgan fingerprint density at radius 2 is 1.87 bits per heavy atom. The van der Waals surface area contributed by atoms with Gasteiger partial charge in [0.05, 0.1) is 28.0 Å². The zero-order valence-corrected chi connectivity index (χ0v) is 18.2. The Labute approximate surface area is 188 Å². The van der Waals surface area contributed by atoms with Crippen molar-refractivity contribution in [3.63, 3.8) is 0 Å². The van der Waals surface area contributed by atoms with Crippen molar-refractivity contribution >= 4 is 56.9 Å². The summed E-state index contributed by atoms with van der Waals surface area (Å²) in [5.41, 5.74) is 2.47. The minimum atomic E-state index is -0.310. The van der Waals surface area contributed by atoms with Crippen LogP contribution in [0.1, 0.15) is 10.6 Å². The Morgan fingerprint density at radius 3 is 2.68 bits per heavy atom. The molecule has 0 radical (unpaired) electrons. The predicted octanol–water partition coefficient (Wildman–Crippen LogP) is 6.15. The van der Waals surface area contributed by atoms with Crippen molar-refractivity contribution in [2.45, 2.75) is 0 Å². The number of hydrogen-bond acceptors (Lipinski definition) is 5. The Hall–Kier alpha value is -3.35. The van der Waals surface area contributed by atoms with Crippen LogP contribution in [-0.4, -0.2) is 24.6 Å². The highest BCUT2D eigenvalue weighted by atomic mass is 35.5. The molecule has 1 N–H and O–H groups in total. The van der Waals surface area contributed by atoms with E-state index in [9.17, 15) is 4.79 Å². The van der Waals surface area contributed by atoms with Crippen molar-refractivity contribution in [1.82, 2.24) is 4.98 Å². The van der Waals surface area contributed by atoms with Crippen LogP contribution in [0, 0.1) is 0 Å². The van der Waals surface area contributed by atoms with Gasteiger partial charge in [0.1, 0.15) is 5.01 Å². The summed E-state index contributed by atoms with van der Waals surface area (Å²) in [4.78, 5) is 16.8. The first-order valence-corrected chi connectivity index (χ1v) is 10.7. The molecule has 4 aromatic rings. The van der Waals surface area contributed by atoms with E-state index < -0.39 is 0 Å². The van der Waals surface area contributed by atoms with Crippen molar-refractivity contribution in [3.05, 3.63) is 82.3 Å². The molecule has 0 bridgehead atoms. The summed E-state index contributed by atoms with van der Waals surface area (Å²) in [6, 6.07) is 20.6. The number of anilines is 1. The third kappa shape index (κ3) is 5.23. The highest BCUT2D eigenvalue weighted by Gasteiger charge is 2.10. The highest BCUT2D eigenvalue weighted by Crippen LogP contribution is 2.30. The molecule has 3 aromatic carbocycles. The van der Waals surface area contributed by atoms with Crippen molar-refractivity contribution in [3.8, 4) is 11.5 Å². The fourth-order valence-electron chi connectivity index (χ4n) is 2.93. The summed E-state index contributed by atoms with van der Waals surface area (Å²) in [5.74, 6) is 0.709. The minimum absolute atomic E-state index is 0.164. The predicted molar refractivity (Wildman–Crippen MR) is 127 cm³/mol. The zero-order chi connectivity index (χ0) is 21.6. The number of nitrogens with zero attached hydrogens (tertiary/aromatic N) is 1. The van der Waals surface area contributed by atoms with Crippen LogP contribution < -0.4 is 14.8 Å². The molecule has 156 valence electrons. The lowest BCUT2D eigenvalue weighted by molar-refractivity contribution is -0.118. The van der Waals surface area contributed by atoms with E-state index in [-0.39, 0.29) is 12.5 Å². The molecule has 5 nitrogen and oxygen atoms in total. The number of thiazole rings is 1. The van der Waals surface area contributed by atoms with E-state index in [2.05, 4.69) is 16.4 Å². The number of halogens is 1. The number of fused-ring (bicyclic) bond motifs is 1. The molecule has 1 aromatic heterocycles. The van der Waals surface area contributed by atoms with Crippen LogP contribution in [-0.2, 0) is 4.79 Å². The second-order valence-electron chi connectivity index (χ2n) is 6.58. The Bertz CT molecular complexity index is 1220. The van der Waals surface area contributed by atoms with Gasteiger partial charge in [-0.2, -0.15) is 0 Å². The molecule has 0 saturated heterocycles. The van der Waals surface area contributed by atoms with E-state index >= 15 is 0 Å². The minimum Gasteiger partial charge on any atom is -0.493 e. The number of amides is 1. The van der Waals surface area contributed by atoms with Gasteiger partial charge in [-0.25, -0.2) is 4.98 Å². The zero-order valence-electron chi connectivity index (χ0n) is 16.7. The second kappa shape index (κ2) is 9.64. The summed E-state index contributed by atoms with van der Waals surface area (Å²) in [7, 11) is 1.56. The van der Waals surface area contributed by atoms with Crippen molar-refractivity contribution < 1.29 is 14.3 Å². The molecule has 0 atom stereocenters. The number of para-hydroxylation sites is 2. The molecule has 4 rings (SSSR count). The normalized spacial score (nSPS) is 11.0. The largest absolute Gasteiger partial charge is 0.493 e. The van der Waals surface area contributed by atoms with E-state index in [0.717, 1.165) is 20.8 Å². The SMILES string of the molecule is COc1cc(/C=C/c2nc3ccccc3s2)ccc1OCC(=O)Nc1ccccc1Cl. The molecule has 1 amide bonds. The highest BCUT2D eigenvalue weighted by molar-refractivity contribution is 7.19. The number of carbonyl (C=O) groups is 1. The molecule has 0 aliphatic rings. The number of hydrogen-bond donors (Lipinski definition) is 1. The van der Waals surface area contributed by atoms with Crippen LogP contribution in [0.5, 0.6) is 11.5 Å². The first kappa shape index (κ1) is 20.9. The van der Waals surface area contributed by atoms with E-state index in [1.54, 1.807) is 48.8 Å². The van der Waals surface area contributed by atoms with E-state index in [4.69, 9.17) is 21.1 Å². The third-order valence-corrected chi connectivity index (χ3v) is 5.75. The number of methoxy groups -OCH3 is 1. The van der Waals surface area contributed by atoms with Gasteiger partial charge in [0.25, 0.3) is 5.91 Å². The smallest absolute Gasteiger partial charge is 0.262 e. The number of rotatable bonds is 7. The molecule has 0 spiro atoms. The second-order valence-corrected chi connectivity index (χ2v) is 8.05. The number of benzene rings is 3. The van der Waals surface area contributed by atoms with Gasteiger partial charge in [0, 0.05) is 0 Å². The van der Waals surface area contributed by atoms with Crippen molar-refractivity contribution in [2.24, 2.45) is 0 Å². The average molecular weight is 451 g/mol. The molecule has 0 unspecified atom stereocenters. The van der Waals surface area contributed by atoms with Crippen LogP contribution >= 0.6 is 22.9 Å². The summed E-state index contributed by atoms with van der Waals surface area (Å²) in [6.07, 6.45) is 3.94. The molecule has 31 heavy (non-hydrogen) atoms. The van der Waals surface area contributed by atoms with Gasteiger partial charge >= 0.3 is 0 Å². The van der Waals surface area contributed by atoms with Gasteiger partial charge < -0.3 is 14.8 Å². The number of ether oxygens (including phenoxy) is 2. The van der Waals surface area contributed by atoms with Gasteiger partial charge in [-0.15, -0.1) is 11.3 Å². The lowest BCUT2D eigenvalue weighted by Crippen LogP contribution is -2.20. The first-order valence-electron chi connectivity index (χ1n) is 9.51. The number of carbonyl (C=O) groups excluding carboxylic acids is 1. The summed E-state index contributed by atoms with van der Waals surface area (Å²) in [6.45, 7) is -0.164. The lowest BCUT2D eigenvalue weighted by atomic mass is 10.2. The van der Waals surface area contributed by atoms with Crippen LogP contribution in [0.3, 0.4) is 0 Å². The summed E-state index contributed by atoms with van der Waals surface area (Å²) in [5, 5.41) is 4.12. The Morgan fingerprint density at radius 1 is 1.06 bits per heavy atom. The number of nitrogens with one attached hydrogen (secondary N) is 1. The standard InChI is InChI=1S/C24H19ClN2O3S/c1-29-21-14-16(11-13-24-27-19-8-4-5-9-22(19)31-24)10-12-20(21)30-15-23(28)26-18-7-3-2-6-17(18)25/h2-14H,15H2,1H3,(H,26,28)/b13-11+. The Balaban J connectivity index is 1.41. The molecule has 1 heterocycles. The molecule has 0 aliphatic heterocycles. The van der Waals surface area contributed by atoms with Gasteiger partial charge in [-0.05, 0) is 48.0 Å². The van der Waals surface area contributed by atoms with Gasteiger partial charge in [0.2, 0.25) is 0 Å². The molecular weight excluding hydrogens is 432 g/mol. The van der Waals surface area contributed by atoms with Crippen LogP contribution in [0.2, 0.25) is 5.02 Å². The molecule has 0 fully saturated rings. The van der Waals surface area contributed by atoms with E-state index in [1.165, 1.54) is 0 Å². The quantitative estimate of drug-likeness (QED) is 0.367. The van der Waals surface area contributed by atoms with Crippen molar-refractivity contribution in [1.29, 1.82) is 0 Å². The summed E-state index contributed by atoms with van der Waals surface area (Å²) < 4.78 is 12.2. The van der Waals surface area contributed by atoms with Gasteiger partial charge in [0.15, 0.2) is 18.1 Å². The number of aromatic nitrogens is 1. The Kier molecular flexibility index (Phi) is 6.50. The van der Waals surface area contributed by atoms with Gasteiger partial charge in [-0.1, -0.05) is 48.0 Å². The van der Waals surface area contributed by atoms with Crippen molar-refractivity contribution in [2.75, 3.05) is 19.0 Å². The van der Waals surface area contributed by atoms with Gasteiger partial charge in [-0.3, -0.25) is 4.79 Å². The third-order valence-electron chi connectivity index (χ3n) is 4.42. The van der Waals surface area contributed by atoms with Crippen LogP contribution in [0.15, 0.2) is 66.7 Å². The maximum atomic E-state index is 12.2. The topological polar surface area (TPSA) is 60.5 Å². The lowest BCUT2D eigenvalue weighted by Gasteiger charge is -2.12. The van der Waals surface area contributed by atoms with Crippen LogP contribution in [0.25, 0.3) is 22.4 Å². The fraction of sp³-hybridized carbons (Fsp3) is 0.0833. The molecular formula is C24H19ClN2O3S. The van der Waals surface area contributed by atoms with E-state index in [1.807, 2.05) is 42.5 Å². The van der Waals surface area contributed by atoms with E-state index in [0.29, 0.717) is 22.2 Å². The average Bonchev–Trinajstić information content (AvgIpc) is 3.21. The van der Waals surface area contributed by atoms with Crippen LogP contribution in [0.4, 0.5) is 5.69 Å². The molecule has 0 aliphatic carbocycles. The first-order chi connectivity index (χ1) is 15.1. The maximum Gasteiger partial charge on any atom is 0.262 e. The fourth-order valence-corrected chi connectivity index (χ4v) is 3.98. The maximum absolute atomic E-state index is 12.2. The summed E-state index contributed by atoms with van der Waals surface area (Å²) >= 11 is 7.70.